The Morgan fingerprint density at radius 1 is 0.950 bits per heavy atom. The third-order valence-electron chi connectivity index (χ3n) is 6.15. The van der Waals surface area contributed by atoms with Crippen LogP contribution in [0.2, 0.25) is 0 Å². The van der Waals surface area contributed by atoms with Crippen molar-refractivity contribution in [2.75, 3.05) is 46.3 Å². The van der Waals surface area contributed by atoms with E-state index >= 15 is 0 Å². The summed E-state index contributed by atoms with van der Waals surface area (Å²) in [5, 5.41) is 7.53. The molecule has 208 valence electrons. The third-order valence-corrected chi connectivity index (χ3v) is 6.15. The molecule has 1 N–H and O–H groups in total. The van der Waals surface area contributed by atoms with E-state index in [0.29, 0.717) is 47.3 Å². The zero-order chi connectivity index (χ0) is 28.5. The molecule has 0 atom stereocenters. The SMILES string of the molecule is COCCCN(CC(=O)Nc1cc(-c2ccccc2)nn1-c1ccc(F)cc1)C(=O)c1ccc(OC)cc1OC. The van der Waals surface area contributed by atoms with Crippen LogP contribution in [0.1, 0.15) is 16.8 Å². The van der Waals surface area contributed by atoms with Crippen molar-refractivity contribution in [3.8, 4) is 28.4 Å². The standard InChI is InChI=1S/C30H31FN4O5/c1-38-17-7-16-34(30(37)25-15-14-24(39-2)18-27(25)40-3)20-29(36)32-28-19-26(21-8-5-4-6-9-21)33-35(28)23-12-10-22(31)11-13-23/h4-6,8-15,18-19H,7,16-17,20H2,1-3H3,(H,32,36). The van der Waals surface area contributed by atoms with Gasteiger partial charge in [0.25, 0.3) is 5.91 Å². The lowest BCUT2D eigenvalue weighted by Crippen LogP contribution is -2.39. The first-order valence-corrected chi connectivity index (χ1v) is 12.6. The highest BCUT2D eigenvalue weighted by Crippen LogP contribution is 2.27. The number of amides is 2. The van der Waals surface area contributed by atoms with Gasteiger partial charge >= 0.3 is 0 Å². The minimum absolute atomic E-state index is 0.229. The summed E-state index contributed by atoms with van der Waals surface area (Å²) in [6, 6.07) is 21.9. The molecule has 9 nitrogen and oxygen atoms in total. The number of aromatic nitrogens is 2. The fraction of sp³-hybridized carbons (Fsp3) is 0.233. The van der Waals surface area contributed by atoms with Crippen molar-refractivity contribution in [3.05, 3.63) is 90.2 Å². The van der Waals surface area contributed by atoms with Gasteiger partial charge in [0.15, 0.2) is 0 Å². The molecule has 3 aromatic carbocycles. The molecular formula is C30H31FN4O5. The minimum Gasteiger partial charge on any atom is -0.497 e. The van der Waals surface area contributed by atoms with Crippen molar-refractivity contribution in [1.29, 1.82) is 0 Å². The van der Waals surface area contributed by atoms with Crippen LogP contribution in [0, 0.1) is 5.82 Å². The number of ether oxygens (including phenoxy) is 3. The number of rotatable bonds is 12. The summed E-state index contributed by atoms with van der Waals surface area (Å²) in [6.07, 6.45) is 0.527. The number of nitrogens with one attached hydrogen (secondary N) is 1. The minimum atomic E-state index is -0.430. The Morgan fingerprint density at radius 2 is 1.70 bits per heavy atom. The topological polar surface area (TPSA) is 94.9 Å². The highest BCUT2D eigenvalue weighted by Gasteiger charge is 2.23. The lowest BCUT2D eigenvalue weighted by molar-refractivity contribution is -0.117. The van der Waals surface area contributed by atoms with Crippen LogP contribution in [0.4, 0.5) is 10.2 Å². The molecule has 10 heteroatoms. The molecule has 0 saturated heterocycles. The average molecular weight is 547 g/mol. The Bertz CT molecular complexity index is 1440. The van der Waals surface area contributed by atoms with E-state index in [2.05, 4.69) is 10.4 Å². The van der Waals surface area contributed by atoms with Crippen LogP contribution in [-0.2, 0) is 9.53 Å². The van der Waals surface area contributed by atoms with Crippen molar-refractivity contribution < 1.29 is 28.2 Å². The van der Waals surface area contributed by atoms with E-state index < -0.39 is 5.91 Å². The van der Waals surface area contributed by atoms with Gasteiger partial charge in [-0.2, -0.15) is 5.10 Å². The molecule has 1 aromatic heterocycles. The second kappa shape index (κ2) is 13.4. The van der Waals surface area contributed by atoms with Crippen LogP contribution in [0.25, 0.3) is 16.9 Å². The fourth-order valence-electron chi connectivity index (χ4n) is 4.15. The van der Waals surface area contributed by atoms with Crippen LogP contribution in [0.5, 0.6) is 11.5 Å². The molecule has 0 spiro atoms. The first-order chi connectivity index (χ1) is 19.4. The summed E-state index contributed by atoms with van der Waals surface area (Å²) in [7, 11) is 4.57. The van der Waals surface area contributed by atoms with Gasteiger partial charge < -0.3 is 24.4 Å². The van der Waals surface area contributed by atoms with Gasteiger partial charge in [-0.1, -0.05) is 30.3 Å². The average Bonchev–Trinajstić information content (AvgIpc) is 3.40. The van der Waals surface area contributed by atoms with Gasteiger partial charge in [0.05, 0.1) is 31.2 Å². The van der Waals surface area contributed by atoms with E-state index in [1.807, 2.05) is 30.3 Å². The van der Waals surface area contributed by atoms with Crippen molar-refractivity contribution in [3.63, 3.8) is 0 Å². The van der Waals surface area contributed by atoms with Crippen LogP contribution in [0.15, 0.2) is 78.9 Å². The second-order valence-corrected chi connectivity index (χ2v) is 8.86. The normalized spacial score (nSPS) is 10.7. The number of hydrogen-bond donors (Lipinski definition) is 1. The molecule has 0 saturated carbocycles. The van der Waals surface area contributed by atoms with Gasteiger partial charge in [-0.25, -0.2) is 9.07 Å². The zero-order valence-electron chi connectivity index (χ0n) is 22.6. The van der Waals surface area contributed by atoms with Crippen molar-refractivity contribution in [1.82, 2.24) is 14.7 Å². The summed E-state index contributed by atoms with van der Waals surface area (Å²) in [6.45, 7) is 0.470. The molecule has 0 aliphatic heterocycles. The number of halogens is 1. The number of benzene rings is 3. The Balaban J connectivity index is 1.61. The maximum Gasteiger partial charge on any atom is 0.258 e. The van der Waals surface area contributed by atoms with Crippen LogP contribution in [-0.4, -0.2) is 67.5 Å². The maximum absolute atomic E-state index is 13.6. The molecule has 0 fully saturated rings. The number of methoxy groups -OCH3 is 3. The lowest BCUT2D eigenvalue weighted by Gasteiger charge is -2.23. The maximum atomic E-state index is 13.6. The Morgan fingerprint density at radius 3 is 2.38 bits per heavy atom. The van der Waals surface area contributed by atoms with Gasteiger partial charge in [0.1, 0.15) is 29.7 Å². The molecule has 1 heterocycles. The van der Waals surface area contributed by atoms with Crippen LogP contribution < -0.4 is 14.8 Å². The van der Waals surface area contributed by atoms with E-state index in [-0.39, 0.29) is 24.8 Å². The zero-order valence-corrected chi connectivity index (χ0v) is 22.6. The predicted octanol–water partition coefficient (Wildman–Crippen LogP) is 4.81. The van der Waals surface area contributed by atoms with E-state index in [9.17, 15) is 14.0 Å². The van der Waals surface area contributed by atoms with Gasteiger partial charge in [-0.3, -0.25) is 9.59 Å². The summed E-state index contributed by atoms with van der Waals surface area (Å²) in [4.78, 5) is 28.3. The van der Waals surface area contributed by atoms with Crippen LogP contribution >= 0.6 is 0 Å². The molecule has 4 aromatic rings. The summed E-state index contributed by atoms with van der Waals surface area (Å²) in [5.74, 6) is 0.0679. The summed E-state index contributed by atoms with van der Waals surface area (Å²) < 4.78 is 30.9. The summed E-state index contributed by atoms with van der Waals surface area (Å²) in [5.41, 5.74) is 2.34. The fourth-order valence-corrected chi connectivity index (χ4v) is 4.15. The van der Waals surface area contributed by atoms with E-state index in [0.717, 1.165) is 5.56 Å². The van der Waals surface area contributed by atoms with Gasteiger partial charge in [-0.15, -0.1) is 0 Å². The van der Waals surface area contributed by atoms with Gasteiger partial charge in [0, 0.05) is 38.0 Å². The van der Waals surface area contributed by atoms with Crippen molar-refractivity contribution in [2.45, 2.75) is 6.42 Å². The molecule has 2 amide bonds. The second-order valence-electron chi connectivity index (χ2n) is 8.86. The molecule has 4 rings (SSSR count). The number of nitrogens with zero attached hydrogens (tertiary/aromatic N) is 3. The number of carbonyl (C=O) groups excluding carboxylic acids is 2. The highest BCUT2D eigenvalue weighted by atomic mass is 19.1. The Hall–Kier alpha value is -4.70. The molecule has 0 unspecified atom stereocenters. The molecule has 40 heavy (non-hydrogen) atoms. The first-order valence-electron chi connectivity index (χ1n) is 12.6. The number of anilines is 1. The first kappa shape index (κ1) is 28.3. The van der Waals surface area contributed by atoms with Gasteiger partial charge in [0.2, 0.25) is 5.91 Å². The quantitative estimate of drug-likeness (QED) is 0.256. The molecule has 0 radical (unpaired) electrons. The number of carbonyl (C=O) groups is 2. The lowest BCUT2D eigenvalue weighted by atomic mass is 10.1. The smallest absolute Gasteiger partial charge is 0.258 e. The van der Waals surface area contributed by atoms with Crippen molar-refractivity contribution >= 4 is 17.6 Å². The summed E-state index contributed by atoms with van der Waals surface area (Å²) >= 11 is 0. The highest BCUT2D eigenvalue weighted by molar-refractivity contribution is 6.01. The van der Waals surface area contributed by atoms with Crippen molar-refractivity contribution in [2.24, 2.45) is 0 Å². The Labute approximate surface area is 232 Å². The molecular weight excluding hydrogens is 515 g/mol. The molecule has 0 aliphatic rings. The van der Waals surface area contributed by atoms with E-state index in [4.69, 9.17) is 14.2 Å². The van der Waals surface area contributed by atoms with E-state index in [1.165, 1.54) is 35.9 Å². The number of hydrogen-bond acceptors (Lipinski definition) is 6. The van der Waals surface area contributed by atoms with E-state index in [1.54, 1.807) is 43.5 Å². The monoisotopic (exact) mass is 546 g/mol. The van der Waals surface area contributed by atoms with Crippen LogP contribution in [0.3, 0.4) is 0 Å². The Kier molecular flexibility index (Phi) is 9.48. The largest absolute Gasteiger partial charge is 0.497 e. The molecule has 0 bridgehead atoms. The predicted molar refractivity (Wildman–Crippen MR) is 150 cm³/mol. The molecule has 0 aliphatic carbocycles. The van der Waals surface area contributed by atoms with Gasteiger partial charge in [-0.05, 0) is 42.8 Å². The third kappa shape index (κ3) is 6.83.